The van der Waals surface area contributed by atoms with Gasteiger partial charge in [-0.25, -0.2) is 4.98 Å². The summed E-state index contributed by atoms with van der Waals surface area (Å²) >= 11 is 0. The average molecular weight is 194 g/mol. The van der Waals surface area contributed by atoms with E-state index in [0.717, 1.165) is 37.5 Å². The van der Waals surface area contributed by atoms with Crippen molar-refractivity contribution in [3.05, 3.63) is 17.7 Å². The van der Waals surface area contributed by atoms with Crippen LogP contribution in [0.15, 0.2) is 6.20 Å². The van der Waals surface area contributed by atoms with Crippen molar-refractivity contribution in [2.24, 2.45) is 5.92 Å². The van der Waals surface area contributed by atoms with Gasteiger partial charge in [0, 0.05) is 31.5 Å². The Bertz CT molecular complexity index is 306. The van der Waals surface area contributed by atoms with Gasteiger partial charge in [0.05, 0.1) is 0 Å². The molecule has 0 radical (unpaired) electrons. The number of fused-ring (bicyclic) bond motifs is 1. The summed E-state index contributed by atoms with van der Waals surface area (Å²) in [6.07, 6.45) is 6.15. The highest BCUT2D eigenvalue weighted by molar-refractivity contribution is 5.08. The molecule has 3 heteroatoms. The van der Waals surface area contributed by atoms with Gasteiger partial charge < -0.3 is 9.67 Å². The van der Waals surface area contributed by atoms with Crippen LogP contribution in [-0.2, 0) is 19.4 Å². The van der Waals surface area contributed by atoms with Gasteiger partial charge in [0.15, 0.2) is 0 Å². The second-order valence-electron chi connectivity index (χ2n) is 4.24. The Morgan fingerprint density at radius 2 is 2.50 bits per heavy atom. The number of hydrogen-bond donors (Lipinski definition) is 1. The molecule has 0 aliphatic carbocycles. The summed E-state index contributed by atoms with van der Waals surface area (Å²) in [6, 6.07) is 0. The van der Waals surface area contributed by atoms with Gasteiger partial charge in [-0.3, -0.25) is 0 Å². The largest absolute Gasteiger partial charge is 0.396 e. The maximum Gasteiger partial charge on any atom is 0.108 e. The third-order valence-corrected chi connectivity index (χ3v) is 2.98. The second kappa shape index (κ2) is 4.13. The SMILES string of the molecule is CC1CCn2c(cnc2CCCO)C1. The molecule has 1 N–H and O–H groups in total. The van der Waals surface area contributed by atoms with Gasteiger partial charge in [0.1, 0.15) is 5.82 Å². The number of aryl methyl sites for hydroxylation is 1. The standard InChI is InChI=1S/C11H18N2O/c1-9-4-5-13-10(7-9)8-12-11(13)3-2-6-14/h8-9,14H,2-7H2,1H3. The highest BCUT2D eigenvalue weighted by atomic mass is 16.2. The highest BCUT2D eigenvalue weighted by Crippen LogP contribution is 2.21. The minimum atomic E-state index is 0.262. The number of rotatable bonds is 3. The number of aliphatic hydroxyl groups excluding tert-OH is 1. The van der Waals surface area contributed by atoms with Crippen molar-refractivity contribution in [3.63, 3.8) is 0 Å². The van der Waals surface area contributed by atoms with Crippen LogP contribution < -0.4 is 0 Å². The van der Waals surface area contributed by atoms with E-state index in [1.54, 1.807) is 0 Å². The molecule has 0 fully saturated rings. The van der Waals surface area contributed by atoms with Gasteiger partial charge in [-0.1, -0.05) is 6.92 Å². The Morgan fingerprint density at radius 3 is 3.29 bits per heavy atom. The first-order valence-electron chi connectivity index (χ1n) is 5.45. The van der Waals surface area contributed by atoms with Gasteiger partial charge in [-0.15, -0.1) is 0 Å². The zero-order valence-electron chi connectivity index (χ0n) is 8.74. The minimum Gasteiger partial charge on any atom is -0.396 e. The summed E-state index contributed by atoms with van der Waals surface area (Å²) in [5.41, 5.74) is 1.37. The minimum absolute atomic E-state index is 0.262. The lowest BCUT2D eigenvalue weighted by Crippen LogP contribution is -2.18. The van der Waals surface area contributed by atoms with Crippen molar-refractivity contribution in [2.45, 2.75) is 39.2 Å². The van der Waals surface area contributed by atoms with E-state index in [2.05, 4.69) is 16.5 Å². The number of hydrogen-bond acceptors (Lipinski definition) is 2. The van der Waals surface area contributed by atoms with Crippen LogP contribution in [0.5, 0.6) is 0 Å². The van der Waals surface area contributed by atoms with Crippen LogP contribution in [0.2, 0.25) is 0 Å². The van der Waals surface area contributed by atoms with Crippen LogP contribution in [0, 0.1) is 5.92 Å². The Kier molecular flexibility index (Phi) is 2.87. The van der Waals surface area contributed by atoms with Crippen LogP contribution in [-0.4, -0.2) is 21.3 Å². The first-order chi connectivity index (χ1) is 6.81. The molecule has 14 heavy (non-hydrogen) atoms. The quantitative estimate of drug-likeness (QED) is 0.789. The molecular weight excluding hydrogens is 176 g/mol. The molecule has 2 rings (SSSR count). The topological polar surface area (TPSA) is 38.0 Å². The van der Waals surface area contributed by atoms with Gasteiger partial charge in [0.25, 0.3) is 0 Å². The zero-order chi connectivity index (χ0) is 9.97. The number of aromatic nitrogens is 2. The van der Waals surface area contributed by atoms with Gasteiger partial charge in [-0.2, -0.15) is 0 Å². The van der Waals surface area contributed by atoms with E-state index in [-0.39, 0.29) is 6.61 Å². The molecule has 1 aliphatic heterocycles. The van der Waals surface area contributed by atoms with Crippen LogP contribution >= 0.6 is 0 Å². The van der Waals surface area contributed by atoms with Crippen molar-refractivity contribution in [2.75, 3.05) is 6.61 Å². The fourth-order valence-corrected chi connectivity index (χ4v) is 2.13. The van der Waals surface area contributed by atoms with Crippen molar-refractivity contribution in [3.8, 4) is 0 Å². The normalized spacial score (nSPS) is 20.9. The molecule has 3 nitrogen and oxygen atoms in total. The Hall–Kier alpha value is -0.830. The average Bonchev–Trinajstić information content (AvgIpc) is 2.57. The molecule has 2 heterocycles. The van der Waals surface area contributed by atoms with Crippen LogP contribution in [0.25, 0.3) is 0 Å². The lowest BCUT2D eigenvalue weighted by atomic mass is 9.98. The van der Waals surface area contributed by atoms with E-state index in [1.807, 2.05) is 6.20 Å². The van der Waals surface area contributed by atoms with Crippen LogP contribution in [0.3, 0.4) is 0 Å². The third-order valence-electron chi connectivity index (χ3n) is 2.98. The highest BCUT2D eigenvalue weighted by Gasteiger charge is 2.17. The zero-order valence-corrected chi connectivity index (χ0v) is 8.74. The van der Waals surface area contributed by atoms with Gasteiger partial charge in [-0.05, 0) is 25.2 Å². The molecule has 0 aromatic carbocycles. The fourth-order valence-electron chi connectivity index (χ4n) is 2.13. The molecule has 1 atom stereocenters. The van der Waals surface area contributed by atoms with Gasteiger partial charge >= 0.3 is 0 Å². The van der Waals surface area contributed by atoms with E-state index in [0.29, 0.717) is 0 Å². The van der Waals surface area contributed by atoms with Crippen molar-refractivity contribution >= 4 is 0 Å². The molecule has 0 spiro atoms. The Labute approximate surface area is 84.8 Å². The molecular formula is C11H18N2O. The Morgan fingerprint density at radius 1 is 1.64 bits per heavy atom. The molecule has 0 saturated carbocycles. The molecule has 0 amide bonds. The maximum absolute atomic E-state index is 8.77. The number of aliphatic hydroxyl groups is 1. The first kappa shape index (κ1) is 9.71. The first-order valence-corrected chi connectivity index (χ1v) is 5.45. The van der Waals surface area contributed by atoms with Crippen LogP contribution in [0.1, 0.15) is 31.3 Å². The summed E-state index contributed by atoms with van der Waals surface area (Å²) in [5, 5.41) is 8.77. The Balaban J connectivity index is 2.12. The lowest BCUT2D eigenvalue weighted by Gasteiger charge is -2.21. The summed E-state index contributed by atoms with van der Waals surface area (Å²) in [6.45, 7) is 3.67. The monoisotopic (exact) mass is 194 g/mol. The predicted molar refractivity (Wildman–Crippen MR) is 55.1 cm³/mol. The van der Waals surface area contributed by atoms with Crippen molar-refractivity contribution in [1.29, 1.82) is 0 Å². The van der Waals surface area contributed by atoms with E-state index in [1.165, 1.54) is 12.1 Å². The molecule has 78 valence electrons. The maximum atomic E-state index is 8.77. The summed E-state index contributed by atoms with van der Waals surface area (Å²) in [5.74, 6) is 1.95. The lowest BCUT2D eigenvalue weighted by molar-refractivity contribution is 0.286. The molecule has 1 aromatic rings. The summed E-state index contributed by atoms with van der Waals surface area (Å²) in [4.78, 5) is 4.42. The smallest absolute Gasteiger partial charge is 0.108 e. The molecule has 1 unspecified atom stereocenters. The predicted octanol–water partition coefficient (Wildman–Crippen LogP) is 1.39. The molecule has 0 saturated heterocycles. The number of imidazole rings is 1. The van der Waals surface area contributed by atoms with E-state index >= 15 is 0 Å². The summed E-state index contributed by atoms with van der Waals surface area (Å²) < 4.78 is 2.33. The van der Waals surface area contributed by atoms with Gasteiger partial charge in [0.2, 0.25) is 0 Å². The molecule has 1 aromatic heterocycles. The van der Waals surface area contributed by atoms with Crippen LogP contribution in [0.4, 0.5) is 0 Å². The van der Waals surface area contributed by atoms with Crippen molar-refractivity contribution < 1.29 is 5.11 Å². The molecule has 0 bridgehead atoms. The number of nitrogens with zero attached hydrogens (tertiary/aromatic N) is 2. The second-order valence-corrected chi connectivity index (χ2v) is 4.24. The summed E-state index contributed by atoms with van der Waals surface area (Å²) in [7, 11) is 0. The van der Waals surface area contributed by atoms with Crippen molar-refractivity contribution in [1.82, 2.24) is 9.55 Å². The van der Waals surface area contributed by atoms with E-state index in [4.69, 9.17) is 5.11 Å². The third kappa shape index (κ3) is 1.82. The molecule has 1 aliphatic rings. The van der Waals surface area contributed by atoms with E-state index < -0.39 is 0 Å². The fraction of sp³-hybridized carbons (Fsp3) is 0.727. The van der Waals surface area contributed by atoms with E-state index in [9.17, 15) is 0 Å².